The molecule has 0 spiro atoms. The highest BCUT2D eigenvalue weighted by molar-refractivity contribution is 6.31. The van der Waals surface area contributed by atoms with Crippen LogP contribution < -0.4 is 0 Å². The minimum atomic E-state index is -0.177. The first-order valence-electron chi connectivity index (χ1n) is 11.2. The Bertz CT molecular complexity index is 1280. The second-order valence-corrected chi connectivity index (χ2v) is 10.0. The van der Waals surface area contributed by atoms with Crippen LogP contribution in [0.5, 0.6) is 0 Å². The van der Waals surface area contributed by atoms with Gasteiger partial charge in [-0.15, -0.1) is 0 Å². The number of nitrogens with zero attached hydrogens (tertiary/aromatic N) is 2. The molecule has 2 bridgehead atoms. The van der Waals surface area contributed by atoms with E-state index in [9.17, 15) is 4.39 Å². The number of pyridine rings is 1. The first-order chi connectivity index (χ1) is 15.0. The van der Waals surface area contributed by atoms with Crippen LogP contribution in [0.1, 0.15) is 43.5 Å². The van der Waals surface area contributed by atoms with Gasteiger partial charge in [0.1, 0.15) is 11.6 Å². The smallest absolute Gasteiger partial charge is 0.123 e. The van der Waals surface area contributed by atoms with Crippen LogP contribution in [0, 0.1) is 29.5 Å². The molecule has 4 aromatic rings. The van der Waals surface area contributed by atoms with Crippen molar-refractivity contribution >= 4 is 33.5 Å². The topological polar surface area (TPSA) is 41.6 Å². The van der Waals surface area contributed by atoms with Gasteiger partial charge in [0, 0.05) is 23.0 Å². The average Bonchev–Trinajstić information content (AvgIpc) is 3.46. The molecule has 5 heteroatoms. The fraction of sp³-hybridized carbons (Fsp3) is 0.385. The molecule has 3 nitrogen and oxygen atoms in total. The predicted octanol–water partition coefficient (Wildman–Crippen LogP) is 6.91. The Morgan fingerprint density at radius 1 is 1.06 bits per heavy atom. The van der Waals surface area contributed by atoms with E-state index in [4.69, 9.17) is 16.6 Å². The van der Waals surface area contributed by atoms with Crippen molar-refractivity contribution in [2.75, 3.05) is 0 Å². The number of hydrogen-bond donors (Lipinski definition) is 1. The molecule has 1 N–H and O–H groups in total. The van der Waals surface area contributed by atoms with Gasteiger partial charge in [-0.1, -0.05) is 18.5 Å². The van der Waals surface area contributed by atoms with E-state index in [1.807, 2.05) is 24.4 Å². The van der Waals surface area contributed by atoms with Gasteiger partial charge in [-0.25, -0.2) is 9.37 Å². The monoisotopic (exact) mass is 433 g/mol. The molecule has 0 amide bonds. The van der Waals surface area contributed by atoms with Crippen molar-refractivity contribution in [2.45, 2.75) is 38.5 Å². The van der Waals surface area contributed by atoms with Crippen molar-refractivity contribution in [3.63, 3.8) is 0 Å². The van der Waals surface area contributed by atoms with Crippen molar-refractivity contribution in [3.8, 4) is 0 Å². The molecule has 2 heterocycles. The molecule has 2 saturated carbocycles. The summed E-state index contributed by atoms with van der Waals surface area (Å²) < 4.78 is 13.9. The Morgan fingerprint density at radius 2 is 1.94 bits per heavy atom. The molecule has 31 heavy (non-hydrogen) atoms. The van der Waals surface area contributed by atoms with Gasteiger partial charge >= 0.3 is 0 Å². The number of halogens is 2. The highest BCUT2D eigenvalue weighted by atomic mass is 35.5. The number of imidazole rings is 1. The number of aromatic nitrogens is 3. The molecule has 0 saturated heterocycles. The van der Waals surface area contributed by atoms with Crippen LogP contribution in [0.15, 0.2) is 48.7 Å². The fourth-order valence-corrected chi connectivity index (χ4v) is 6.62. The molecule has 2 aliphatic carbocycles. The summed E-state index contributed by atoms with van der Waals surface area (Å²) in [5, 5.41) is 1.73. The van der Waals surface area contributed by atoms with Crippen LogP contribution in [-0.2, 0) is 6.42 Å². The van der Waals surface area contributed by atoms with E-state index >= 15 is 0 Å². The number of fused-ring (bicyclic) bond motifs is 4. The van der Waals surface area contributed by atoms with Crippen LogP contribution in [0.25, 0.3) is 21.9 Å². The lowest BCUT2D eigenvalue weighted by Crippen LogP contribution is -2.24. The van der Waals surface area contributed by atoms with Crippen molar-refractivity contribution in [1.82, 2.24) is 15.0 Å². The van der Waals surface area contributed by atoms with Gasteiger partial charge in [0.2, 0.25) is 0 Å². The maximum Gasteiger partial charge on any atom is 0.123 e. The molecular weight excluding hydrogens is 409 g/mol. The molecule has 5 atom stereocenters. The third-order valence-electron chi connectivity index (χ3n) is 7.79. The third-order valence-corrected chi connectivity index (χ3v) is 8.02. The van der Waals surface area contributed by atoms with Gasteiger partial charge in [0.25, 0.3) is 0 Å². The lowest BCUT2D eigenvalue weighted by Gasteiger charge is -2.32. The summed E-state index contributed by atoms with van der Waals surface area (Å²) in [6, 6.07) is 12.9. The van der Waals surface area contributed by atoms with E-state index in [1.54, 1.807) is 12.1 Å². The summed E-state index contributed by atoms with van der Waals surface area (Å²) in [4.78, 5) is 12.7. The van der Waals surface area contributed by atoms with Crippen LogP contribution in [0.3, 0.4) is 0 Å². The first-order valence-corrected chi connectivity index (χ1v) is 11.6. The van der Waals surface area contributed by atoms with Gasteiger partial charge < -0.3 is 4.98 Å². The maximum absolute atomic E-state index is 13.9. The quantitative estimate of drug-likeness (QED) is 0.379. The number of benzene rings is 2. The van der Waals surface area contributed by atoms with Gasteiger partial charge in [0.05, 0.1) is 16.6 Å². The van der Waals surface area contributed by atoms with Gasteiger partial charge in [-0.3, -0.25) is 4.98 Å². The normalized spacial score (nSPS) is 26.2. The molecule has 2 fully saturated rings. The summed E-state index contributed by atoms with van der Waals surface area (Å²) >= 11 is 6.12. The number of nitrogens with one attached hydrogen (secondary N) is 1. The van der Waals surface area contributed by atoms with E-state index in [1.165, 1.54) is 30.9 Å². The molecule has 6 rings (SSSR count). The molecule has 2 aliphatic rings. The lowest BCUT2D eigenvalue weighted by atomic mass is 9.73. The molecule has 2 aromatic carbocycles. The highest BCUT2D eigenvalue weighted by Gasteiger charge is 2.48. The number of H-pyrrole nitrogens is 1. The van der Waals surface area contributed by atoms with E-state index in [0.29, 0.717) is 17.8 Å². The standard InChI is InChI=1S/C26H25ClFN3/c1-14(8-26-30-24-4-2-17(27)12-25(24)31-26)20-10-16-9-15(20)11-21(16)19-6-7-29-23-5-3-18(28)13-22(19)23/h2-7,12-16,20-21H,8-11H2,1H3,(H,30,31)/t14-,15?,16?,20?,21?/m1/s1. The summed E-state index contributed by atoms with van der Waals surface area (Å²) in [5.74, 6) is 4.13. The maximum atomic E-state index is 13.9. The number of aromatic amines is 1. The molecule has 0 aliphatic heterocycles. The molecule has 158 valence electrons. The molecular formula is C26H25ClFN3. The Balaban J connectivity index is 1.20. The van der Waals surface area contributed by atoms with Crippen molar-refractivity contribution < 1.29 is 4.39 Å². The summed E-state index contributed by atoms with van der Waals surface area (Å²) in [6.45, 7) is 2.37. The van der Waals surface area contributed by atoms with Gasteiger partial charge in [0.15, 0.2) is 0 Å². The Morgan fingerprint density at radius 3 is 2.77 bits per heavy atom. The Hall–Kier alpha value is -2.46. The van der Waals surface area contributed by atoms with Crippen LogP contribution in [0.4, 0.5) is 4.39 Å². The van der Waals surface area contributed by atoms with E-state index in [-0.39, 0.29) is 5.82 Å². The van der Waals surface area contributed by atoms with Crippen LogP contribution >= 0.6 is 11.6 Å². The third kappa shape index (κ3) is 3.32. The molecule has 4 unspecified atom stereocenters. The fourth-order valence-electron chi connectivity index (χ4n) is 6.45. The van der Waals surface area contributed by atoms with Crippen molar-refractivity contribution in [1.29, 1.82) is 0 Å². The van der Waals surface area contributed by atoms with Gasteiger partial charge in [-0.05, 0) is 96.9 Å². The summed E-state index contributed by atoms with van der Waals surface area (Å²) in [7, 11) is 0. The SMILES string of the molecule is C[C@H](Cc1nc2ccc(Cl)cc2[nH]1)C1CC2CC1CC2c1ccnc2ccc(F)cc12. The second kappa shape index (κ2) is 7.30. The zero-order chi connectivity index (χ0) is 21.1. The second-order valence-electron chi connectivity index (χ2n) is 9.59. The average molecular weight is 434 g/mol. The van der Waals surface area contributed by atoms with Crippen molar-refractivity contribution in [3.05, 3.63) is 70.9 Å². The predicted molar refractivity (Wildman–Crippen MR) is 123 cm³/mol. The minimum Gasteiger partial charge on any atom is -0.342 e. The Kier molecular flexibility index (Phi) is 4.53. The molecule has 2 aromatic heterocycles. The number of rotatable bonds is 4. The van der Waals surface area contributed by atoms with E-state index in [2.05, 4.69) is 23.0 Å². The summed E-state index contributed by atoms with van der Waals surface area (Å²) in [5.41, 5.74) is 4.18. The minimum absolute atomic E-state index is 0.177. The lowest BCUT2D eigenvalue weighted by molar-refractivity contribution is 0.224. The van der Waals surface area contributed by atoms with Crippen LogP contribution in [-0.4, -0.2) is 15.0 Å². The van der Waals surface area contributed by atoms with Crippen molar-refractivity contribution in [2.24, 2.45) is 23.7 Å². The largest absolute Gasteiger partial charge is 0.342 e. The summed E-state index contributed by atoms with van der Waals surface area (Å²) in [6.07, 6.45) is 6.59. The van der Waals surface area contributed by atoms with E-state index < -0.39 is 0 Å². The Labute approximate surface area is 186 Å². The van der Waals surface area contributed by atoms with Gasteiger partial charge in [-0.2, -0.15) is 0 Å². The highest BCUT2D eigenvalue weighted by Crippen LogP contribution is 2.58. The van der Waals surface area contributed by atoms with Crippen LogP contribution in [0.2, 0.25) is 5.02 Å². The molecule has 0 radical (unpaired) electrons. The zero-order valence-electron chi connectivity index (χ0n) is 17.5. The first kappa shape index (κ1) is 19.2. The van der Waals surface area contributed by atoms with E-state index in [0.717, 1.165) is 51.0 Å². The zero-order valence-corrected chi connectivity index (χ0v) is 18.2. The number of hydrogen-bond acceptors (Lipinski definition) is 2.